The standard InChI is InChI=1S/C24H17Br/c25-24-17-9-8-16-23(24)22-15-7-6-14-21(22)20-13-5-4-12-19(20)18-10-2-1-3-11-18/h1-17H. The van der Waals surface area contributed by atoms with Crippen molar-refractivity contribution in [2.75, 3.05) is 0 Å². The topological polar surface area (TPSA) is 0 Å². The molecule has 0 aromatic heterocycles. The quantitative estimate of drug-likeness (QED) is 0.344. The molecule has 0 amide bonds. The molecule has 0 saturated heterocycles. The lowest BCUT2D eigenvalue weighted by Gasteiger charge is -2.15. The average molecular weight is 385 g/mol. The van der Waals surface area contributed by atoms with Crippen LogP contribution in [0.1, 0.15) is 0 Å². The van der Waals surface area contributed by atoms with Gasteiger partial charge in [0.05, 0.1) is 0 Å². The van der Waals surface area contributed by atoms with E-state index in [1.165, 1.54) is 33.4 Å². The molecule has 4 rings (SSSR count). The SMILES string of the molecule is Brc1ccccc1-c1ccccc1-c1ccccc1-c1ccccc1. The van der Waals surface area contributed by atoms with Gasteiger partial charge in [0, 0.05) is 4.47 Å². The maximum absolute atomic E-state index is 3.70. The number of halogens is 1. The summed E-state index contributed by atoms with van der Waals surface area (Å²) in [5.41, 5.74) is 7.43. The number of rotatable bonds is 3. The molecule has 0 aliphatic rings. The van der Waals surface area contributed by atoms with Gasteiger partial charge in [-0.15, -0.1) is 0 Å². The van der Waals surface area contributed by atoms with Gasteiger partial charge >= 0.3 is 0 Å². The predicted molar refractivity (Wildman–Crippen MR) is 110 cm³/mol. The highest BCUT2D eigenvalue weighted by Gasteiger charge is 2.13. The summed E-state index contributed by atoms with van der Waals surface area (Å²) in [7, 11) is 0. The minimum Gasteiger partial charge on any atom is -0.0622 e. The second kappa shape index (κ2) is 7.08. The summed E-state index contributed by atoms with van der Waals surface area (Å²) in [6.45, 7) is 0. The fourth-order valence-electron chi connectivity index (χ4n) is 3.22. The van der Waals surface area contributed by atoms with E-state index in [0.717, 1.165) is 4.47 Å². The molecule has 0 N–H and O–H groups in total. The molecule has 0 spiro atoms. The van der Waals surface area contributed by atoms with Gasteiger partial charge in [-0.25, -0.2) is 0 Å². The van der Waals surface area contributed by atoms with Crippen molar-refractivity contribution in [3.63, 3.8) is 0 Å². The molecule has 0 unspecified atom stereocenters. The van der Waals surface area contributed by atoms with E-state index in [0.29, 0.717) is 0 Å². The van der Waals surface area contributed by atoms with Crippen LogP contribution in [0.3, 0.4) is 0 Å². The molecule has 0 heterocycles. The van der Waals surface area contributed by atoms with Crippen molar-refractivity contribution < 1.29 is 0 Å². The van der Waals surface area contributed by atoms with Crippen LogP contribution in [-0.2, 0) is 0 Å². The second-order valence-electron chi connectivity index (χ2n) is 5.94. The van der Waals surface area contributed by atoms with Crippen LogP contribution >= 0.6 is 15.9 Å². The van der Waals surface area contributed by atoms with Crippen LogP contribution in [0.5, 0.6) is 0 Å². The van der Waals surface area contributed by atoms with Crippen molar-refractivity contribution >= 4 is 15.9 Å². The summed E-state index contributed by atoms with van der Waals surface area (Å²) < 4.78 is 1.11. The summed E-state index contributed by atoms with van der Waals surface area (Å²) in [5, 5.41) is 0. The predicted octanol–water partition coefficient (Wildman–Crippen LogP) is 7.45. The van der Waals surface area contributed by atoms with E-state index in [1.54, 1.807) is 0 Å². The molecule has 0 bridgehead atoms. The van der Waals surface area contributed by atoms with E-state index in [4.69, 9.17) is 0 Å². The Hall–Kier alpha value is -2.64. The summed E-state index contributed by atoms with van der Waals surface area (Å²) in [5.74, 6) is 0. The first-order chi connectivity index (χ1) is 12.3. The van der Waals surface area contributed by atoms with E-state index in [-0.39, 0.29) is 0 Å². The van der Waals surface area contributed by atoms with Gasteiger partial charge in [0.15, 0.2) is 0 Å². The Balaban J connectivity index is 1.95. The fraction of sp³-hybridized carbons (Fsp3) is 0. The van der Waals surface area contributed by atoms with Gasteiger partial charge < -0.3 is 0 Å². The van der Waals surface area contributed by atoms with Crippen molar-refractivity contribution in [3.8, 4) is 33.4 Å². The average Bonchev–Trinajstić information content (AvgIpc) is 2.69. The van der Waals surface area contributed by atoms with Crippen molar-refractivity contribution in [1.29, 1.82) is 0 Å². The zero-order valence-electron chi connectivity index (χ0n) is 13.7. The normalized spacial score (nSPS) is 10.6. The summed E-state index contributed by atoms with van der Waals surface area (Å²) >= 11 is 3.70. The largest absolute Gasteiger partial charge is 0.0622 e. The van der Waals surface area contributed by atoms with Crippen LogP contribution in [-0.4, -0.2) is 0 Å². The highest BCUT2D eigenvalue weighted by atomic mass is 79.9. The Morgan fingerprint density at radius 1 is 0.360 bits per heavy atom. The van der Waals surface area contributed by atoms with Crippen molar-refractivity contribution in [1.82, 2.24) is 0 Å². The Labute approximate surface area is 156 Å². The molecule has 0 radical (unpaired) electrons. The maximum atomic E-state index is 3.70. The maximum Gasteiger partial charge on any atom is 0.0253 e. The molecule has 4 aromatic carbocycles. The van der Waals surface area contributed by atoms with Gasteiger partial charge in [-0.3, -0.25) is 0 Å². The lowest BCUT2D eigenvalue weighted by atomic mass is 9.89. The molecule has 0 atom stereocenters. The van der Waals surface area contributed by atoms with Crippen LogP contribution in [0, 0.1) is 0 Å². The second-order valence-corrected chi connectivity index (χ2v) is 6.79. The van der Waals surface area contributed by atoms with Gasteiger partial charge in [0.2, 0.25) is 0 Å². The van der Waals surface area contributed by atoms with E-state index in [2.05, 4.69) is 113 Å². The minimum absolute atomic E-state index is 1.11. The third-order valence-electron chi connectivity index (χ3n) is 4.39. The van der Waals surface area contributed by atoms with Crippen LogP contribution in [0.4, 0.5) is 0 Å². The Kier molecular flexibility index (Phi) is 4.49. The zero-order valence-corrected chi connectivity index (χ0v) is 15.3. The number of benzene rings is 4. The van der Waals surface area contributed by atoms with E-state index in [1.807, 2.05) is 6.07 Å². The monoisotopic (exact) mass is 384 g/mol. The van der Waals surface area contributed by atoms with Crippen LogP contribution in [0.15, 0.2) is 108 Å². The Morgan fingerprint density at radius 2 is 0.760 bits per heavy atom. The first-order valence-corrected chi connectivity index (χ1v) is 9.12. The third-order valence-corrected chi connectivity index (χ3v) is 5.08. The van der Waals surface area contributed by atoms with Crippen LogP contribution < -0.4 is 0 Å². The number of hydrogen-bond acceptors (Lipinski definition) is 0. The Bertz CT molecular complexity index is 1000. The zero-order chi connectivity index (χ0) is 17.1. The van der Waals surface area contributed by atoms with Crippen molar-refractivity contribution in [2.24, 2.45) is 0 Å². The first kappa shape index (κ1) is 15.9. The molecule has 1 heteroatoms. The molecular weight excluding hydrogens is 368 g/mol. The van der Waals surface area contributed by atoms with E-state index < -0.39 is 0 Å². The van der Waals surface area contributed by atoms with Gasteiger partial charge in [-0.05, 0) is 39.4 Å². The van der Waals surface area contributed by atoms with Crippen LogP contribution in [0.25, 0.3) is 33.4 Å². The molecule has 0 aliphatic heterocycles. The third kappa shape index (κ3) is 3.16. The summed E-state index contributed by atoms with van der Waals surface area (Å²) in [4.78, 5) is 0. The van der Waals surface area contributed by atoms with Gasteiger partial charge in [-0.2, -0.15) is 0 Å². The molecule has 120 valence electrons. The van der Waals surface area contributed by atoms with Crippen LogP contribution in [0.2, 0.25) is 0 Å². The molecule has 0 nitrogen and oxygen atoms in total. The molecule has 0 aliphatic carbocycles. The number of hydrogen-bond donors (Lipinski definition) is 0. The molecule has 0 fully saturated rings. The fourth-order valence-corrected chi connectivity index (χ4v) is 3.72. The molecular formula is C24H17Br. The lowest BCUT2D eigenvalue weighted by molar-refractivity contribution is 1.55. The van der Waals surface area contributed by atoms with Gasteiger partial charge in [0.1, 0.15) is 0 Å². The van der Waals surface area contributed by atoms with E-state index >= 15 is 0 Å². The van der Waals surface area contributed by atoms with Gasteiger partial charge in [-0.1, -0.05) is 113 Å². The Morgan fingerprint density at radius 3 is 1.36 bits per heavy atom. The highest BCUT2D eigenvalue weighted by molar-refractivity contribution is 9.10. The molecule has 0 saturated carbocycles. The molecule has 25 heavy (non-hydrogen) atoms. The summed E-state index contributed by atoms with van der Waals surface area (Å²) in [6.07, 6.45) is 0. The van der Waals surface area contributed by atoms with Gasteiger partial charge in [0.25, 0.3) is 0 Å². The molecule has 4 aromatic rings. The van der Waals surface area contributed by atoms with Crippen molar-refractivity contribution in [3.05, 3.63) is 108 Å². The highest BCUT2D eigenvalue weighted by Crippen LogP contribution is 2.39. The lowest BCUT2D eigenvalue weighted by Crippen LogP contribution is -1.89. The minimum atomic E-state index is 1.11. The van der Waals surface area contributed by atoms with Crippen molar-refractivity contribution in [2.45, 2.75) is 0 Å². The van der Waals surface area contributed by atoms with E-state index in [9.17, 15) is 0 Å². The summed E-state index contributed by atoms with van der Waals surface area (Å²) in [6, 6.07) is 36.2. The smallest absolute Gasteiger partial charge is 0.0253 e. The first-order valence-electron chi connectivity index (χ1n) is 8.33.